The van der Waals surface area contributed by atoms with Crippen LogP contribution in [0, 0.1) is 13.5 Å². The fourth-order valence-corrected chi connectivity index (χ4v) is 3.33. The first-order valence-electron chi connectivity index (χ1n) is 9.53. The zero-order valence-corrected chi connectivity index (χ0v) is 17.4. The summed E-state index contributed by atoms with van der Waals surface area (Å²) in [5.41, 5.74) is 5.10. The molecule has 0 aliphatic heterocycles. The predicted octanol–water partition coefficient (Wildman–Crippen LogP) is 4.41. The first kappa shape index (κ1) is 20.2. The fraction of sp³-hybridized carbons (Fsp3) is 0.174. The standard InChI is InChI=1S/C23H20N6O2/c1-15-11-17(24-2)6-8-19(15)16-5-9-20(25-12-16)23-28-27-21(14-30-3)29(23)18-7-10-22(31-4)26-13-18/h5-13H,14H2,1,3-4H3. The first-order chi connectivity index (χ1) is 15.1. The Kier molecular flexibility index (Phi) is 5.69. The topological polar surface area (TPSA) is 79.3 Å². The SMILES string of the molecule is [C-]#[N+]c1ccc(-c2ccc(-c3nnc(COC)n3-c3ccc(OC)nc3)nc2)c(C)c1. The number of aryl methyl sites for hydroxylation is 1. The van der Waals surface area contributed by atoms with Gasteiger partial charge in [0.2, 0.25) is 5.88 Å². The maximum atomic E-state index is 7.16. The number of ether oxygens (including phenoxy) is 2. The molecule has 0 saturated carbocycles. The summed E-state index contributed by atoms with van der Waals surface area (Å²) in [6.45, 7) is 9.45. The molecule has 0 fully saturated rings. The van der Waals surface area contributed by atoms with Crippen molar-refractivity contribution in [3.05, 3.63) is 77.7 Å². The van der Waals surface area contributed by atoms with Gasteiger partial charge < -0.3 is 9.47 Å². The molecule has 0 unspecified atom stereocenters. The third-order valence-electron chi connectivity index (χ3n) is 4.83. The van der Waals surface area contributed by atoms with Crippen molar-refractivity contribution >= 4 is 5.69 Å². The second kappa shape index (κ2) is 8.73. The largest absolute Gasteiger partial charge is 0.481 e. The van der Waals surface area contributed by atoms with Gasteiger partial charge in [-0.15, -0.1) is 10.2 Å². The Morgan fingerprint density at radius 2 is 1.87 bits per heavy atom. The van der Waals surface area contributed by atoms with Crippen LogP contribution in [0.4, 0.5) is 5.69 Å². The van der Waals surface area contributed by atoms with E-state index in [0.29, 0.717) is 35.5 Å². The fourth-order valence-electron chi connectivity index (χ4n) is 3.33. The third-order valence-corrected chi connectivity index (χ3v) is 4.83. The quantitative estimate of drug-likeness (QED) is 0.437. The van der Waals surface area contributed by atoms with Gasteiger partial charge in [0.25, 0.3) is 0 Å². The summed E-state index contributed by atoms with van der Waals surface area (Å²) in [7, 11) is 3.19. The van der Waals surface area contributed by atoms with E-state index in [4.69, 9.17) is 16.0 Å². The molecule has 0 radical (unpaired) electrons. The number of nitrogens with zero attached hydrogens (tertiary/aromatic N) is 6. The summed E-state index contributed by atoms with van der Waals surface area (Å²) in [5.74, 6) is 1.75. The summed E-state index contributed by atoms with van der Waals surface area (Å²) in [5, 5.41) is 8.62. The van der Waals surface area contributed by atoms with Crippen molar-refractivity contribution in [1.82, 2.24) is 24.7 Å². The van der Waals surface area contributed by atoms with Crippen LogP contribution in [0.15, 0.2) is 54.9 Å². The van der Waals surface area contributed by atoms with Crippen molar-refractivity contribution in [3.63, 3.8) is 0 Å². The van der Waals surface area contributed by atoms with Gasteiger partial charge in [-0.2, -0.15) is 0 Å². The Hall–Kier alpha value is -4.09. The first-order valence-corrected chi connectivity index (χ1v) is 9.53. The molecule has 3 aromatic heterocycles. The average Bonchev–Trinajstić information content (AvgIpc) is 3.23. The number of benzene rings is 1. The Labute approximate surface area is 180 Å². The van der Waals surface area contributed by atoms with Crippen LogP contribution in [0.5, 0.6) is 5.88 Å². The zero-order chi connectivity index (χ0) is 21.8. The lowest BCUT2D eigenvalue weighted by Gasteiger charge is -2.11. The number of aromatic nitrogens is 5. The van der Waals surface area contributed by atoms with Crippen LogP contribution in [0.2, 0.25) is 0 Å². The third kappa shape index (κ3) is 3.99. The minimum absolute atomic E-state index is 0.295. The van der Waals surface area contributed by atoms with Crippen LogP contribution >= 0.6 is 0 Å². The maximum absolute atomic E-state index is 7.16. The van der Waals surface area contributed by atoms with E-state index in [1.54, 1.807) is 32.7 Å². The lowest BCUT2D eigenvalue weighted by atomic mass is 10.0. The van der Waals surface area contributed by atoms with E-state index in [-0.39, 0.29) is 0 Å². The van der Waals surface area contributed by atoms with Gasteiger partial charge in [-0.3, -0.25) is 9.55 Å². The molecule has 0 amide bonds. The van der Waals surface area contributed by atoms with Crippen molar-refractivity contribution < 1.29 is 9.47 Å². The Balaban J connectivity index is 1.74. The lowest BCUT2D eigenvalue weighted by molar-refractivity contribution is 0.176. The number of hydrogen-bond donors (Lipinski definition) is 0. The normalized spacial score (nSPS) is 10.6. The van der Waals surface area contributed by atoms with E-state index >= 15 is 0 Å². The molecular weight excluding hydrogens is 392 g/mol. The van der Waals surface area contributed by atoms with E-state index in [2.05, 4.69) is 25.0 Å². The molecule has 3 heterocycles. The Bertz CT molecular complexity index is 1240. The van der Waals surface area contributed by atoms with Crippen molar-refractivity contribution in [3.8, 4) is 34.2 Å². The summed E-state index contributed by atoms with van der Waals surface area (Å²) in [4.78, 5) is 12.4. The molecule has 0 spiro atoms. The Morgan fingerprint density at radius 1 is 1.00 bits per heavy atom. The predicted molar refractivity (Wildman–Crippen MR) is 116 cm³/mol. The van der Waals surface area contributed by atoms with E-state index < -0.39 is 0 Å². The molecule has 0 N–H and O–H groups in total. The van der Waals surface area contributed by atoms with Crippen LogP contribution in [0.1, 0.15) is 11.4 Å². The molecule has 154 valence electrons. The van der Waals surface area contributed by atoms with Gasteiger partial charge >= 0.3 is 0 Å². The van der Waals surface area contributed by atoms with Gasteiger partial charge in [0.05, 0.1) is 25.6 Å². The minimum Gasteiger partial charge on any atom is -0.481 e. The second-order valence-corrected chi connectivity index (χ2v) is 6.81. The number of pyridine rings is 2. The lowest BCUT2D eigenvalue weighted by Crippen LogP contribution is -2.05. The number of methoxy groups -OCH3 is 2. The number of rotatable bonds is 6. The summed E-state index contributed by atoms with van der Waals surface area (Å²) in [6, 6.07) is 13.2. The molecule has 0 aliphatic carbocycles. The van der Waals surface area contributed by atoms with E-state index in [1.807, 2.05) is 47.9 Å². The highest BCUT2D eigenvalue weighted by molar-refractivity contribution is 5.71. The molecule has 1 aromatic carbocycles. The van der Waals surface area contributed by atoms with Crippen molar-refractivity contribution in [2.24, 2.45) is 0 Å². The molecule has 31 heavy (non-hydrogen) atoms. The van der Waals surface area contributed by atoms with Crippen LogP contribution in [-0.4, -0.2) is 39.0 Å². The van der Waals surface area contributed by atoms with Crippen LogP contribution in [-0.2, 0) is 11.3 Å². The maximum Gasteiger partial charge on any atom is 0.213 e. The van der Waals surface area contributed by atoms with Crippen LogP contribution in [0.25, 0.3) is 33.2 Å². The molecule has 0 saturated heterocycles. The highest BCUT2D eigenvalue weighted by Crippen LogP contribution is 2.29. The smallest absolute Gasteiger partial charge is 0.213 e. The molecule has 4 aromatic rings. The van der Waals surface area contributed by atoms with Gasteiger partial charge in [-0.25, -0.2) is 9.83 Å². The van der Waals surface area contributed by atoms with Crippen LogP contribution in [0.3, 0.4) is 0 Å². The summed E-state index contributed by atoms with van der Waals surface area (Å²) in [6.07, 6.45) is 3.50. The molecule has 0 atom stereocenters. The molecule has 4 rings (SSSR count). The molecule has 0 aliphatic rings. The average molecular weight is 412 g/mol. The monoisotopic (exact) mass is 412 g/mol. The second-order valence-electron chi connectivity index (χ2n) is 6.81. The molecule has 8 nitrogen and oxygen atoms in total. The van der Waals surface area contributed by atoms with Crippen molar-refractivity contribution in [2.45, 2.75) is 13.5 Å². The van der Waals surface area contributed by atoms with Crippen molar-refractivity contribution in [2.75, 3.05) is 14.2 Å². The van der Waals surface area contributed by atoms with Crippen molar-refractivity contribution in [1.29, 1.82) is 0 Å². The van der Waals surface area contributed by atoms with E-state index in [1.165, 1.54) is 0 Å². The highest BCUT2D eigenvalue weighted by atomic mass is 16.5. The zero-order valence-electron chi connectivity index (χ0n) is 17.4. The highest BCUT2D eigenvalue weighted by Gasteiger charge is 2.17. The Morgan fingerprint density at radius 3 is 2.48 bits per heavy atom. The van der Waals surface area contributed by atoms with Gasteiger partial charge in [0.1, 0.15) is 12.3 Å². The van der Waals surface area contributed by atoms with E-state index in [9.17, 15) is 0 Å². The minimum atomic E-state index is 0.295. The molecular formula is C23H20N6O2. The van der Waals surface area contributed by atoms with Gasteiger partial charge in [0, 0.05) is 24.9 Å². The molecule has 0 bridgehead atoms. The van der Waals surface area contributed by atoms with Gasteiger partial charge in [-0.1, -0.05) is 29.8 Å². The van der Waals surface area contributed by atoms with E-state index in [0.717, 1.165) is 22.4 Å². The number of hydrogen-bond acceptors (Lipinski definition) is 6. The molecule has 8 heteroatoms. The summed E-state index contributed by atoms with van der Waals surface area (Å²) < 4.78 is 12.3. The van der Waals surface area contributed by atoms with Crippen LogP contribution < -0.4 is 4.74 Å². The van der Waals surface area contributed by atoms with Gasteiger partial charge in [-0.05, 0) is 24.6 Å². The van der Waals surface area contributed by atoms with Gasteiger partial charge in [0.15, 0.2) is 17.3 Å². The summed E-state index contributed by atoms with van der Waals surface area (Å²) >= 11 is 0.